The van der Waals surface area contributed by atoms with E-state index in [1.807, 2.05) is 0 Å². The fourth-order valence-corrected chi connectivity index (χ4v) is 1.88. The second-order valence-electron chi connectivity index (χ2n) is 3.33. The molecule has 1 unspecified atom stereocenters. The Morgan fingerprint density at radius 1 is 1.67 bits per heavy atom. The van der Waals surface area contributed by atoms with Gasteiger partial charge in [0, 0.05) is 12.1 Å². The third kappa shape index (κ3) is 1.06. The van der Waals surface area contributed by atoms with Crippen molar-refractivity contribution in [3.63, 3.8) is 0 Å². The molecule has 1 atom stereocenters. The summed E-state index contributed by atoms with van der Waals surface area (Å²) in [5.41, 5.74) is 1.20. The molecule has 2 rings (SSSR count). The molecule has 1 aliphatic heterocycles. The molecule has 0 bridgehead atoms. The van der Waals surface area contributed by atoms with Crippen LogP contribution in [0.2, 0.25) is 5.02 Å². The molecule has 0 aliphatic carbocycles. The summed E-state index contributed by atoms with van der Waals surface area (Å²) in [6.45, 7) is 3.20. The largest absolute Gasteiger partial charge is 0.466 e. The molecule has 0 amide bonds. The third-order valence-electron chi connectivity index (χ3n) is 2.63. The van der Waals surface area contributed by atoms with Crippen molar-refractivity contribution in [3.8, 4) is 0 Å². The second-order valence-corrected chi connectivity index (χ2v) is 3.74. The maximum Gasteiger partial charge on any atom is 0.125 e. The predicted molar refractivity (Wildman–Crippen MR) is 48.5 cm³/mol. The van der Waals surface area contributed by atoms with Crippen LogP contribution in [-0.4, -0.2) is 18.5 Å². The van der Waals surface area contributed by atoms with Crippen LogP contribution < -0.4 is 0 Å². The van der Waals surface area contributed by atoms with Gasteiger partial charge in [0.2, 0.25) is 0 Å². The van der Waals surface area contributed by atoms with Crippen LogP contribution in [0.4, 0.5) is 0 Å². The number of furan rings is 1. The average Bonchev–Trinajstić information content (AvgIpc) is 2.41. The maximum atomic E-state index is 5.96. The molecule has 1 aromatic heterocycles. The standard InChI is InChI=1S/C9H12ClNO/c1-6-9-7(3-4-11(6)2)8(10)5-12-9/h5-6H,3-4H2,1-2H3. The summed E-state index contributed by atoms with van der Waals surface area (Å²) in [6.07, 6.45) is 2.65. The molecule has 1 aliphatic rings. The Bertz CT molecular complexity index is 295. The SMILES string of the molecule is CC1c2occ(Cl)c2CCN1C. The van der Waals surface area contributed by atoms with Crippen molar-refractivity contribution >= 4 is 11.6 Å². The summed E-state index contributed by atoms with van der Waals surface area (Å²) in [5, 5.41) is 0.782. The minimum Gasteiger partial charge on any atom is -0.466 e. The number of rotatable bonds is 0. The lowest BCUT2D eigenvalue weighted by atomic mass is 10.0. The van der Waals surface area contributed by atoms with Crippen molar-refractivity contribution in [2.24, 2.45) is 0 Å². The maximum absolute atomic E-state index is 5.96. The van der Waals surface area contributed by atoms with Crippen LogP contribution in [0.3, 0.4) is 0 Å². The topological polar surface area (TPSA) is 16.4 Å². The van der Waals surface area contributed by atoms with Crippen LogP contribution >= 0.6 is 11.6 Å². The Morgan fingerprint density at radius 3 is 3.17 bits per heavy atom. The van der Waals surface area contributed by atoms with E-state index in [4.69, 9.17) is 16.0 Å². The number of nitrogens with zero attached hydrogens (tertiary/aromatic N) is 1. The lowest BCUT2D eigenvalue weighted by Gasteiger charge is -2.28. The summed E-state index contributed by atoms with van der Waals surface area (Å²) in [5.74, 6) is 1.04. The number of fused-ring (bicyclic) bond motifs is 1. The van der Waals surface area contributed by atoms with Crippen LogP contribution in [0.25, 0.3) is 0 Å². The predicted octanol–water partition coefficient (Wildman–Crippen LogP) is 2.48. The highest BCUT2D eigenvalue weighted by molar-refractivity contribution is 6.31. The molecule has 12 heavy (non-hydrogen) atoms. The van der Waals surface area contributed by atoms with Crippen LogP contribution in [0.5, 0.6) is 0 Å². The average molecular weight is 186 g/mol. The van der Waals surface area contributed by atoms with Crippen LogP contribution in [-0.2, 0) is 6.42 Å². The first kappa shape index (κ1) is 8.14. The van der Waals surface area contributed by atoms with Crippen LogP contribution in [0.15, 0.2) is 10.7 Å². The minimum absolute atomic E-state index is 0.362. The number of hydrogen-bond donors (Lipinski definition) is 0. The Hall–Kier alpha value is -0.470. The van der Waals surface area contributed by atoms with E-state index in [0.29, 0.717) is 6.04 Å². The van der Waals surface area contributed by atoms with Gasteiger partial charge in [-0.3, -0.25) is 4.90 Å². The number of likely N-dealkylation sites (N-methyl/N-ethyl adjacent to an activating group) is 1. The first-order valence-electron chi connectivity index (χ1n) is 4.16. The molecule has 0 N–H and O–H groups in total. The Morgan fingerprint density at radius 2 is 2.42 bits per heavy atom. The van der Waals surface area contributed by atoms with Crippen molar-refractivity contribution in [3.05, 3.63) is 22.6 Å². The van der Waals surface area contributed by atoms with Crippen LogP contribution in [0, 0.1) is 0 Å². The van der Waals surface area contributed by atoms with E-state index >= 15 is 0 Å². The fourth-order valence-electron chi connectivity index (χ4n) is 1.65. The highest BCUT2D eigenvalue weighted by atomic mass is 35.5. The summed E-state index contributed by atoms with van der Waals surface area (Å²) in [7, 11) is 2.10. The Labute approximate surface area is 77.1 Å². The Balaban J connectivity index is 2.43. The first-order valence-corrected chi connectivity index (χ1v) is 4.54. The van der Waals surface area contributed by atoms with Crippen molar-refractivity contribution in [1.82, 2.24) is 4.90 Å². The number of halogens is 1. The fraction of sp³-hybridized carbons (Fsp3) is 0.556. The monoisotopic (exact) mass is 185 g/mol. The molecule has 0 saturated carbocycles. The summed E-state index contributed by atoms with van der Waals surface area (Å²) in [6, 6.07) is 0.362. The zero-order chi connectivity index (χ0) is 8.72. The molecule has 3 heteroatoms. The molecule has 0 spiro atoms. The van der Waals surface area contributed by atoms with E-state index in [0.717, 1.165) is 23.7 Å². The Kier molecular flexibility index (Phi) is 1.89. The van der Waals surface area contributed by atoms with Crippen LogP contribution in [0.1, 0.15) is 24.3 Å². The molecule has 0 fully saturated rings. The van der Waals surface area contributed by atoms with Crippen molar-refractivity contribution in [2.75, 3.05) is 13.6 Å². The summed E-state index contributed by atoms with van der Waals surface area (Å²) >= 11 is 5.96. The van der Waals surface area contributed by atoms with Gasteiger partial charge >= 0.3 is 0 Å². The van der Waals surface area contributed by atoms with Gasteiger partial charge in [0.05, 0.1) is 11.1 Å². The smallest absolute Gasteiger partial charge is 0.125 e. The highest BCUT2D eigenvalue weighted by Crippen LogP contribution is 2.33. The molecular formula is C9H12ClNO. The molecular weight excluding hydrogens is 174 g/mol. The molecule has 0 aromatic carbocycles. The third-order valence-corrected chi connectivity index (χ3v) is 2.95. The lowest BCUT2D eigenvalue weighted by molar-refractivity contribution is 0.214. The molecule has 1 aromatic rings. The zero-order valence-electron chi connectivity index (χ0n) is 7.30. The van der Waals surface area contributed by atoms with Crippen molar-refractivity contribution < 1.29 is 4.42 Å². The van der Waals surface area contributed by atoms with Gasteiger partial charge in [-0.05, 0) is 20.4 Å². The van der Waals surface area contributed by atoms with E-state index in [9.17, 15) is 0 Å². The lowest BCUT2D eigenvalue weighted by Crippen LogP contribution is -2.29. The number of hydrogen-bond acceptors (Lipinski definition) is 2. The molecule has 0 radical (unpaired) electrons. The van der Waals surface area contributed by atoms with Gasteiger partial charge in [0.1, 0.15) is 12.0 Å². The minimum atomic E-state index is 0.362. The van der Waals surface area contributed by atoms with Gasteiger partial charge < -0.3 is 4.42 Å². The summed E-state index contributed by atoms with van der Waals surface area (Å²) in [4.78, 5) is 2.27. The molecule has 66 valence electrons. The quantitative estimate of drug-likeness (QED) is 0.618. The summed E-state index contributed by atoms with van der Waals surface area (Å²) < 4.78 is 5.40. The highest BCUT2D eigenvalue weighted by Gasteiger charge is 2.25. The normalized spacial score (nSPS) is 24.1. The first-order chi connectivity index (χ1) is 5.70. The van der Waals surface area contributed by atoms with Crippen molar-refractivity contribution in [1.29, 1.82) is 0 Å². The van der Waals surface area contributed by atoms with Gasteiger partial charge in [-0.25, -0.2) is 0 Å². The van der Waals surface area contributed by atoms with E-state index in [1.54, 1.807) is 6.26 Å². The molecule has 2 nitrogen and oxygen atoms in total. The van der Waals surface area contributed by atoms with E-state index in [2.05, 4.69) is 18.9 Å². The molecule has 0 saturated heterocycles. The van der Waals surface area contributed by atoms with Gasteiger partial charge in [-0.15, -0.1) is 0 Å². The zero-order valence-corrected chi connectivity index (χ0v) is 8.06. The van der Waals surface area contributed by atoms with Crippen molar-refractivity contribution in [2.45, 2.75) is 19.4 Å². The van der Waals surface area contributed by atoms with Gasteiger partial charge in [-0.1, -0.05) is 11.6 Å². The molecule has 2 heterocycles. The van der Waals surface area contributed by atoms with E-state index < -0.39 is 0 Å². The second kappa shape index (κ2) is 2.79. The van der Waals surface area contributed by atoms with E-state index in [-0.39, 0.29) is 0 Å². The van der Waals surface area contributed by atoms with Gasteiger partial charge in [0.15, 0.2) is 0 Å². The van der Waals surface area contributed by atoms with Gasteiger partial charge in [-0.2, -0.15) is 0 Å². The van der Waals surface area contributed by atoms with Gasteiger partial charge in [0.25, 0.3) is 0 Å². The van der Waals surface area contributed by atoms with E-state index in [1.165, 1.54) is 5.56 Å².